The first kappa shape index (κ1) is 12.6. The minimum absolute atomic E-state index is 0.0466. The lowest BCUT2D eigenvalue weighted by Gasteiger charge is -2.35. The SMILES string of the molecule is Cc1occc1C(=O)N1CCC(O)(C(=O)O)CC1. The van der Waals surface area contributed by atoms with Gasteiger partial charge in [-0.25, -0.2) is 4.79 Å². The topological polar surface area (TPSA) is 91.0 Å². The lowest BCUT2D eigenvalue weighted by atomic mass is 9.91. The third kappa shape index (κ3) is 2.11. The molecule has 0 aromatic carbocycles. The normalized spacial score (nSPS) is 18.7. The molecular formula is C12H15NO5. The van der Waals surface area contributed by atoms with Gasteiger partial charge in [0.1, 0.15) is 5.76 Å². The highest BCUT2D eigenvalue weighted by atomic mass is 16.4. The van der Waals surface area contributed by atoms with Gasteiger partial charge in [-0.05, 0) is 13.0 Å². The number of furan rings is 1. The van der Waals surface area contributed by atoms with Crippen molar-refractivity contribution in [1.29, 1.82) is 0 Å². The zero-order chi connectivity index (χ0) is 13.3. The van der Waals surface area contributed by atoms with E-state index in [1.165, 1.54) is 11.2 Å². The van der Waals surface area contributed by atoms with Crippen molar-refractivity contribution in [2.24, 2.45) is 0 Å². The van der Waals surface area contributed by atoms with Crippen LogP contribution in [0.2, 0.25) is 0 Å². The Kier molecular flexibility index (Phi) is 3.13. The Labute approximate surface area is 104 Å². The fourth-order valence-electron chi connectivity index (χ4n) is 2.07. The van der Waals surface area contributed by atoms with Gasteiger partial charge in [-0.2, -0.15) is 0 Å². The van der Waals surface area contributed by atoms with Gasteiger partial charge >= 0.3 is 5.97 Å². The maximum absolute atomic E-state index is 12.1. The zero-order valence-corrected chi connectivity index (χ0v) is 10.0. The molecule has 1 aliphatic heterocycles. The summed E-state index contributed by atoms with van der Waals surface area (Å²) < 4.78 is 5.06. The Hall–Kier alpha value is -1.82. The van der Waals surface area contributed by atoms with E-state index in [2.05, 4.69) is 0 Å². The molecule has 98 valence electrons. The van der Waals surface area contributed by atoms with Crippen LogP contribution in [0.5, 0.6) is 0 Å². The van der Waals surface area contributed by atoms with Gasteiger partial charge in [0.25, 0.3) is 5.91 Å². The summed E-state index contributed by atoms with van der Waals surface area (Å²) in [5, 5.41) is 18.7. The van der Waals surface area contributed by atoms with Crippen molar-refractivity contribution in [1.82, 2.24) is 4.90 Å². The van der Waals surface area contributed by atoms with Crippen LogP contribution >= 0.6 is 0 Å². The first-order valence-electron chi connectivity index (χ1n) is 5.73. The number of hydrogen-bond acceptors (Lipinski definition) is 4. The van der Waals surface area contributed by atoms with E-state index in [1.54, 1.807) is 13.0 Å². The molecule has 1 amide bonds. The fourth-order valence-corrected chi connectivity index (χ4v) is 2.07. The van der Waals surface area contributed by atoms with Crippen molar-refractivity contribution in [2.75, 3.05) is 13.1 Å². The highest BCUT2D eigenvalue weighted by Gasteiger charge is 2.40. The summed E-state index contributed by atoms with van der Waals surface area (Å²) in [6.07, 6.45) is 1.54. The van der Waals surface area contributed by atoms with Crippen molar-refractivity contribution >= 4 is 11.9 Å². The van der Waals surface area contributed by atoms with Crippen molar-refractivity contribution in [2.45, 2.75) is 25.4 Å². The van der Waals surface area contributed by atoms with Crippen molar-refractivity contribution in [3.8, 4) is 0 Å². The second kappa shape index (κ2) is 4.45. The van der Waals surface area contributed by atoms with Crippen LogP contribution in [-0.4, -0.2) is 45.7 Å². The molecule has 2 heterocycles. The third-order valence-corrected chi connectivity index (χ3v) is 3.37. The molecule has 0 radical (unpaired) electrons. The van der Waals surface area contributed by atoms with Crippen LogP contribution in [0, 0.1) is 6.92 Å². The minimum Gasteiger partial charge on any atom is -0.479 e. The van der Waals surface area contributed by atoms with Gasteiger partial charge in [0.15, 0.2) is 5.60 Å². The summed E-state index contributed by atoms with van der Waals surface area (Å²) in [5.41, 5.74) is -1.22. The highest BCUT2D eigenvalue weighted by Crippen LogP contribution is 2.24. The summed E-state index contributed by atoms with van der Waals surface area (Å²) in [7, 11) is 0. The fraction of sp³-hybridized carbons (Fsp3) is 0.500. The van der Waals surface area contributed by atoms with Crippen LogP contribution in [0.1, 0.15) is 29.0 Å². The molecule has 2 rings (SSSR count). The highest BCUT2D eigenvalue weighted by molar-refractivity contribution is 5.95. The molecule has 0 spiro atoms. The second-order valence-electron chi connectivity index (χ2n) is 4.52. The number of aryl methyl sites for hydroxylation is 1. The van der Waals surface area contributed by atoms with Gasteiger partial charge in [-0.3, -0.25) is 4.79 Å². The monoisotopic (exact) mass is 253 g/mol. The molecule has 1 aliphatic rings. The Morgan fingerprint density at radius 1 is 1.39 bits per heavy atom. The molecule has 6 heteroatoms. The molecule has 6 nitrogen and oxygen atoms in total. The molecule has 0 unspecified atom stereocenters. The van der Waals surface area contributed by atoms with E-state index >= 15 is 0 Å². The Bertz CT molecular complexity index is 471. The van der Waals surface area contributed by atoms with Gasteiger partial charge in [0.05, 0.1) is 11.8 Å². The number of carbonyl (C=O) groups is 2. The molecule has 18 heavy (non-hydrogen) atoms. The number of piperidine rings is 1. The number of carboxylic acids is 1. The standard InChI is InChI=1S/C12H15NO5/c1-8-9(2-7-18-8)10(14)13-5-3-12(17,4-6-13)11(15)16/h2,7,17H,3-6H2,1H3,(H,15,16). The van der Waals surface area contributed by atoms with E-state index in [1.807, 2.05) is 0 Å². The number of hydrogen-bond donors (Lipinski definition) is 2. The molecule has 0 saturated carbocycles. The van der Waals surface area contributed by atoms with E-state index < -0.39 is 11.6 Å². The van der Waals surface area contributed by atoms with Crippen molar-refractivity contribution < 1.29 is 24.2 Å². The molecule has 1 fully saturated rings. The van der Waals surface area contributed by atoms with Crippen molar-refractivity contribution in [3.63, 3.8) is 0 Å². The number of carboxylic acid groups (broad SMARTS) is 1. The summed E-state index contributed by atoms with van der Waals surface area (Å²) in [5.74, 6) is -0.873. The number of likely N-dealkylation sites (tertiary alicyclic amines) is 1. The molecule has 1 aromatic heterocycles. The number of aliphatic hydroxyl groups is 1. The number of aliphatic carboxylic acids is 1. The predicted molar refractivity (Wildman–Crippen MR) is 61.2 cm³/mol. The summed E-state index contributed by atoms with van der Waals surface area (Å²) in [6.45, 7) is 2.16. The van der Waals surface area contributed by atoms with E-state index in [-0.39, 0.29) is 31.8 Å². The first-order valence-corrected chi connectivity index (χ1v) is 5.73. The maximum Gasteiger partial charge on any atom is 0.335 e. The molecular weight excluding hydrogens is 238 g/mol. The zero-order valence-electron chi connectivity index (χ0n) is 10.0. The number of carbonyl (C=O) groups excluding carboxylic acids is 1. The average Bonchev–Trinajstić information content (AvgIpc) is 2.75. The summed E-state index contributed by atoms with van der Waals surface area (Å²) in [4.78, 5) is 24.5. The number of nitrogens with zero attached hydrogens (tertiary/aromatic N) is 1. The van der Waals surface area contributed by atoms with Crippen LogP contribution in [0.25, 0.3) is 0 Å². The second-order valence-corrected chi connectivity index (χ2v) is 4.52. The first-order chi connectivity index (χ1) is 8.44. The van der Waals surface area contributed by atoms with Gasteiger partial charge in [0.2, 0.25) is 0 Å². The lowest BCUT2D eigenvalue weighted by molar-refractivity contribution is -0.162. The van der Waals surface area contributed by atoms with Crippen LogP contribution < -0.4 is 0 Å². The minimum atomic E-state index is -1.71. The average molecular weight is 253 g/mol. The molecule has 0 bridgehead atoms. The van der Waals surface area contributed by atoms with Crippen LogP contribution in [-0.2, 0) is 4.79 Å². The van der Waals surface area contributed by atoms with Crippen LogP contribution in [0.4, 0.5) is 0 Å². The van der Waals surface area contributed by atoms with E-state index in [0.717, 1.165) is 0 Å². The van der Waals surface area contributed by atoms with Crippen molar-refractivity contribution in [3.05, 3.63) is 23.7 Å². The van der Waals surface area contributed by atoms with E-state index in [4.69, 9.17) is 9.52 Å². The quantitative estimate of drug-likeness (QED) is 0.807. The summed E-state index contributed by atoms with van der Waals surface area (Å²) in [6, 6.07) is 1.59. The van der Waals surface area contributed by atoms with Crippen LogP contribution in [0.3, 0.4) is 0 Å². The van der Waals surface area contributed by atoms with Crippen LogP contribution in [0.15, 0.2) is 16.7 Å². The molecule has 0 atom stereocenters. The Balaban J connectivity index is 2.05. The maximum atomic E-state index is 12.1. The third-order valence-electron chi connectivity index (χ3n) is 3.37. The number of amides is 1. The van der Waals surface area contributed by atoms with Gasteiger partial charge in [0, 0.05) is 25.9 Å². The predicted octanol–water partition coefficient (Wildman–Crippen LogP) is 0.640. The summed E-state index contributed by atoms with van der Waals surface area (Å²) >= 11 is 0. The Morgan fingerprint density at radius 3 is 2.44 bits per heavy atom. The molecule has 2 N–H and O–H groups in total. The Morgan fingerprint density at radius 2 is 2.00 bits per heavy atom. The smallest absolute Gasteiger partial charge is 0.335 e. The molecule has 0 aliphatic carbocycles. The number of rotatable bonds is 2. The molecule has 1 saturated heterocycles. The lowest BCUT2D eigenvalue weighted by Crippen LogP contribution is -2.50. The molecule has 1 aromatic rings. The largest absolute Gasteiger partial charge is 0.479 e. The van der Waals surface area contributed by atoms with E-state index in [9.17, 15) is 14.7 Å². The van der Waals surface area contributed by atoms with Gasteiger partial charge < -0.3 is 19.5 Å². The van der Waals surface area contributed by atoms with Gasteiger partial charge in [-0.1, -0.05) is 0 Å². The van der Waals surface area contributed by atoms with E-state index in [0.29, 0.717) is 11.3 Å². The van der Waals surface area contributed by atoms with Gasteiger partial charge in [-0.15, -0.1) is 0 Å².